The van der Waals surface area contributed by atoms with Crippen LogP contribution in [-0.2, 0) is 4.74 Å². The zero-order valence-corrected chi connectivity index (χ0v) is 19.3. The predicted octanol–water partition coefficient (Wildman–Crippen LogP) is 4.16. The van der Waals surface area contributed by atoms with E-state index in [0.717, 1.165) is 29.4 Å². The van der Waals surface area contributed by atoms with Crippen LogP contribution in [0.2, 0.25) is 5.15 Å². The molecule has 2 aromatic carbocycles. The summed E-state index contributed by atoms with van der Waals surface area (Å²) in [5, 5.41) is 0.393. The molecule has 0 saturated carbocycles. The Balaban J connectivity index is 1.64. The summed E-state index contributed by atoms with van der Waals surface area (Å²) in [6, 6.07) is 11.2. The van der Waals surface area contributed by atoms with E-state index in [1.165, 1.54) is 17.8 Å². The van der Waals surface area contributed by atoms with E-state index in [1.807, 2.05) is 18.4 Å². The van der Waals surface area contributed by atoms with E-state index in [-0.39, 0.29) is 5.69 Å². The Bertz CT molecular complexity index is 1160. The molecule has 0 atom stereocenters. The first kappa shape index (κ1) is 23.1. The number of nitrogens with two attached hydrogens (primary N) is 1. The number of carbonyl (C=O) groups is 1. The third kappa shape index (κ3) is 5.13. The van der Waals surface area contributed by atoms with Crippen LogP contribution in [0.25, 0.3) is 22.5 Å². The molecule has 3 aromatic rings. The number of hydrazine groups is 1. The van der Waals surface area contributed by atoms with Crippen LogP contribution in [0, 0.1) is 5.82 Å². The zero-order chi connectivity index (χ0) is 23.4. The molecule has 11 heteroatoms. The minimum absolute atomic E-state index is 0.105. The van der Waals surface area contributed by atoms with Gasteiger partial charge in [-0.05, 0) is 17.9 Å². The molecule has 0 spiro atoms. The van der Waals surface area contributed by atoms with Crippen LogP contribution in [-0.4, -0.2) is 48.6 Å². The van der Waals surface area contributed by atoms with E-state index in [4.69, 9.17) is 27.1 Å². The number of nitrogens with zero attached hydrogens (tertiary/aromatic N) is 3. The number of thioether (sulfide) groups is 1. The Labute approximate surface area is 199 Å². The Hall–Kier alpha value is -3.08. The molecular formula is C22H22ClFN6O2S. The number of hydrogen-bond donors (Lipinski definition) is 3. The van der Waals surface area contributed by atoms with E-state index < -0.39 is 11.8 Å². The first-order valence-corrected chi connectivity index (χ1v) is 11.7. The number of rotatable bonds is 6. The molecule has 0 unspecified atom stereocenters. The minimum atomic E-state index is -0.813. The van der Waals surface area contributed by atoms with Crippen LogP contribution in [0.3, 0.4) is 0 Å². The van der Waals surface area contributed by atoms with Gasteiger partial charge < -0.3 is 15.4 Å². The van der Waals surface area contributed by atoms with Crippen LogP contribution < -0.4 is 21.5 Å². The fraction of sp³-hybridized carbons (Fsp3) is 0.227. The summed E-state index contributed by atoms with van der Waals surface area (Å²) in [5.41, 5.74) is 11.5. The molecule has 1 aromatic heterocycles. The maximum absolute atomic E-state index is 14.9. The number of hydrogen-bond acceptors (Lipinski definition) is 7. The average molecular weight is 489 g/mol. The fourth-order valence-electron chi connectivity index (χ4n) is 3.49. The van der Waals surface area contributed by atoms with E-state index in [0.29, 0.717) is 35.3 Å². The van der Waals surface area contributed by atoms with Crippen molar-refractivity contribution in [2.75, 3.05) is 42.9 Å². The molecule has 0 bridgehead atoms. The second-order valence-corrected chi connectivity index (χ2v) is 8.33. The van der Waals surface area contributed by atoms with Crippen LogP contribution in [0.15, 0.2) is 47.4 Å². The third-order valence-corrected chi connectivity index (χ3v) is 6.26. The highest BCUT2D eigenvalue weighted by atomic mass is 35.5. The lowest BCUT2D eigenvalue weighted by molar-refractivity contribution is 0.122. The average Bonchev–Trinajstić information content (AvgIpc) is 2.83. The van der Waals surface area contributed by atoms with Gasteiger partial charge in [0.25, 0.3) is 0 Å². The number of halogens is 2. The maximum Gasteiger partial charge on any atom is 0.330 e. The van der Waals surface area contributed by atoms with Gasteiger partial charge in [0.1, 0.15) is 11.0 Å². The topological polar surface area (TPSA) is 105 Å². The first-order valence-electron chi connectivity index (χ1n) is 10.1. The van der Waals surface area contributed by atoms with Gasteiger partial charge in [0.15, 0.2) is 11.6 Å². The lowest BCUT2D eigenvalue weighted by Gasteiger charge is -2.29. The van der Waals surface area contributed by atoms with E-state index in [2.05, 4.69) is 20.7 Å². The maximum atomic E-state index is 14.9. The summed E-state index contributed by atoms with van der Waals surface area (Å²) in [5.74, 6) is 0.765. The van der Waals surface area contributed by atoms with Gasteiger partial charge in [0.05, 0.1) is 23.8 Å². The van der Waals surface area contributed by atoms with Crippen molar-refractivity contribution >= 4 is 40.9 Å². The normalized spacial score (nSPS) is 13.6. The van der Waals surface area contributed by atoms with Crippen molar-refractivity contribution in [2.24, 2.45) is 5.73 Å². The summed E-state index contributed by atoms with van der Waals surface area (Å²) in [6.07, 6.45) is 1.94. The standard InChI is InChI=1S/C22H22ClFN6O2S/c1-33-18-19(23)26-20(27-21(18)30-9-11-32-12-10-30)14-7-5-13(6-8-14)15-3-2-4-16(17(15)24)28-29-22(25)31/h2-8,28H,9-12H2,1H3,(H3,25,29,31). The van der Waals surface area contributed by atoms with E-state index >= 15 is 0 Å². The second-order valence-electron chi connectivity index (χ2n) is 7.15. The monoisotopic (exact) mass is 488 g/mol. The molecule has 0 aliphatic carbocycles. The van der Waals surface area contributed by atoms with Gasteiger partial charge >= 0.3 is 6.03 Å². The highest BCUT2D eigenvalue weighted by Crippen LogP contribution is 2.36. The summed E-state index contributed by atoms with van der Waals surface area (Å²) in [7, 11) is 0. The molecule has 4 N–H and O–H groups in total. The van der Waals surface area contributed by atoms with Crippen LogP contribution in [0.1, 0.15) is 0 Å². The number of anilines is 2. The summed E-state index contributed by atoms with van der Waals surface area (Å²) in [4.78, 5) is 23.1. The molecular weight excluding hydrogens is 467 g/mol. The molecule has 4 rings (SSSR count). The van der Waals surface area contributed by atoms with Crippen molar-refractivity contribution in [1.29, 1.82) is 0 Å². The molecule has 1 saturated heterocycles. The largest absolute Gasteiger partial charge is 0.378 e. The Morgan fingerprint density at radius 2 is 1.85 bits per heavy atom. The van der Waals surface area contributed by atoms with Gasteiger partial charge in [0.2, 0.25) is 0 Å². The summed E-state index contributed by atoms with van der Waals surface area (Å²) >= 11 is 8.00. The number of morpholine rings is 1. The van der Waals surface area contributed by atoms with Crippen LogP contribution in [0.4, 0.5) is 20.7 Å². The van der Waals surface area contributed by atoms with Crippen molar-refractivity contribution in [3.05, 3.63) is 53.4 Å². The number of urea groups is 1. The van der Waals surface area contributed by atoms with Gasteiger partial charge in [-0.25, -0.2) is 19.2 Å². The van der Waals surface area contributed by atoms with Gasteiger partial charge in [-0.2, -0.15) is 0 Å². The minimum Gasteiger partial charge on any atom is -0.378 e. The van der Waals surface area contributed by atoms with Crippen molar-refractivity contribution in [3.8, 4) is 22.5 Å². The van der Waals surface area contributed by atoms with Crippen LogP contribution in [0.5, 0.6) is 0 Å². The van der Waals surface area contributed by atoms with Gasteiger partial charge in [-0.15, -0.1) is 11.8 Å². The summed E-state index contributed by atoms with van der Waals surface area (Å²) in [6.45, 7) is 2.73. The zero-order valence-electron chi connectivity index (χ0n) is 17.8. The lowest BCUT2D eigenvalue weighted by Crippen LogP contribution is -2.37. The van der Waals surface area contributed by atoms with E-state index in [9.17, 15) is 9.18 Å². The second kappa shape index (κ2) is 10.2. The molecule has 8 nitrogen and oxygen atoms in total. The molecule has 1 fully saturated rings. The first-order chi connectivity index (χ1) is 16.0. The highest BCUT2D eigenvalue weighted by molar-refractivity contribution is 7.98. The SMILES string of the molecule is CSc1c(Cl)nc(-c2ccc(-c3cccc(NNC(N)=O)c3F)cc2)nc1N1CCOCC1. The Morgan fingerprint density at radius 3 is 2.52 bits per heavy atom. The molecule has 33 heavy (non-hydrogen) atoms. The van der Waals surface area contributed by atoms with E-state index in [1.54, 1.807) is 24.3 Å². The number of nitrogens with one attached hydrogen (secondary N) is 2. The highest BCUT2D eigenvalue weighted by Gasteiger charge is 2.21. The number of amides is 2. The van der Waals surface area contributed by atoms with Crippen molar-refractivity contribution in [1.82, 2.24) is 15.4 Å². The van der Waals surface area contributed by atoms with Gasteiger partial charge in [0, 0.05) is 24.2 Å². The molecule has 1 aliphatic heterocycles. The Kier molecular flexibility index (Phi) is 7.17. The number of aromatic nitrogens is 2. The molecule has 2 amide bonds. The Morgan fingerprint density at radius 1 is 1.15 bits per heavy atom. The van der Waals surface area contributed by atoms with Crippen molar-refractivity contribution in [2.45, 2.75) is 4.90 Å². The summed E-state index contributed by atoms with van der Waals surface area (Å²) < 4.78 is 20.4. The predicted molar refractivity (Wildman–Crippen MR) is 129 cm³/mol. The van der Waals surface area contributed by atoms with Crippen LogP contribution >= 0.6 is 23.4 Å². The fourth-order valence-corrected chi connectivity index (χ4v) is 4.45. The third-order valence-electron chi connectivity index (χ3n) is 5.09. The molecule has 0 radical (unpaired) electrons. The van der Waals surface area contributed by atoms with Gasteiger partial charge in [-0.1, -0.05) is 48.0 Å². The van der Waals surface area contributed by atoms with Gasteiger partial charge in [-0.3, -0.25) is 10.9 Å². The van der Waals surface area contributed by atoms with Crippen molar-refractivity contribution < 1.29 is 13.9 Å². The molecule has 1 aliphatic rings. The number of ether oxygens (including phenoxy) is 1. The van der Waals surface area contributed by atoms with Crippen molar-refractivity contribution in [3.63, 3.8) is 0 Å². The molecule has 172 valence electrons. The smallest absolute Gasteiger partial charge is 0.330 e. The lowest BCUT2D eigenvalue weighted by atomic mass is 10.0. The number of primary amides is 1. The number of carbonyl (C=O) groups excluding carboxylic acids is 1. The quantitative estimate of drug-likeness (QED) is 0.272. The number of benzene rings is 2. The molecule has 2 heterocycles.